The largest absolute Gasteiger partial charge is 0.381 e. The van der Waals surface area contributed by atoms with Crippen molar-refractivity contribution in [1.82, 2.24) is 15.6 Å². The van der Waals surface area contributed by atoms with Crippen molar-refractivity contribution in [2.45, 2.75) is 26.7 Å². The lowest BCUT2D eigenvalue weighted by Gasteiger charge is -2.14. The Morgan fingerprint density at radius 1 is 1.43 bits per heavy atom. The normalized spacial score (nSPS) is 18.4. The van der Waals surface area contributed by atoms with Gasteiger partial charge in [-0.3, -0.25) is 4.99 Å². The molecule has 0 spiro atoms. The molecule has 1 aromatic rings. The zero-order valence-electron chi connectivity index (χ0n) is 12.9. The molecule has 0 radical (unpaired) electrons. The lowest BCUT2D eigenvalue weighted by atomic mass is 10.1. The zero-order valence-corrected chi connectivity index (χ0v) is 16.1. The number of aliphatic imine (C=N–C) groups is 1. The van der Waals surface area contributed by atoms with Crippen molar-refractivity contribution < 1.29 is 4.74 Å². The summed E-state index contributed by atoms with van der Waals surface area (Å²) < 4.78 is 5.37. The zero-order chi connectivity index (χ0) is 14.4. The van der Waals surface area contributed by atoms with E-state index >= 15 is 0 Å². The third-order valence-corrected chi connectivity index (χ3v) is 4.58. The molecule has 1 aliphatic heterocycles. The van der Waals surface area contributed by atoms with Crippen molar-refractivity contribution in [1.29, 1.82) is 0 Å². The van der Waals surface area contributed by atoms with Crippen LogP contribution in [-0.2, 0) is 11.2 Å². The van der Waals surface area contributed by atoms with Crippen molar-refractivity contribution in [3.63, 3.8) is 0 Å². The predicted octanol–water partition coefficient (Wildman–Crippen LogP) is 2.12. The summed E-state index contributed by atoms with van der Waals surface area (Å²) in [5, 5.41) is 7.86. The van der Waals surface area contributed by atoms with Crippen LogP contribution in [0.25, 0.3) is 0 Å². The lowest BCUT2D eigenvalue weighted by molar-refractivity contribution is 0.186. The Bertz CT molecular complexity index is 458. The van der Waals surface area contributed by atoms with Gasteiger partial charge in [0, 0.05) is 44.0 Å². The van der Waals surface area contributed by atoms with Crippen LogP contribution in [0.1, 0.15) is 22.0 Å². The van der Waals surface area contributed by atoms with E-state index in [-0.39, 0.29) is 24.0 Å². The number of hydrogen-bond acceptors (Lipinski definition) is 4. The van der Waals surface area contributed by atoms with Gasteiger partial charge in [0.25, 0.3) is 0 Å². The van der Waals surface area contributed by atoms with Gasteiger partial charge in [-0.1, -0.05) is 0 Å². The molecule has 2 N–H and O–H groups in total. The average Bonchev–Trinajstić information content (AvgIpc) is 3.04. The van der Waals surface area contributed by atoms with E-state index in [9.17, 15) is 0 Å². The smallest absolute Gasteiger partial charge is 0.190 e. The minimum atomic E-state index is 0. The van der Waals surface area contributed by atoms with Gasteiger partial charge < -0.3 is 15.4 Å². The van der Waals surface area contributed by atoms with Crippen LogP contribution in [0.3, 0.4) is 0 Å². The number of nitrogens with one attached hydrogen (secondary N) is 2. The van der Waals surface area contributed by atoms with Crippen LogP contribution in [0.15, 0.2) is 4.99 Å². The molecule has 1 unspecified atom stereocenters. The maximum atomic E-state index is 5.37. The number of thiazole rings is 1. The first kappa shape index (κ1) is 18.6. The molecule has 1 saturated heterocycles. The highest BCUT2D eigenvalue weighted by Crippen LogP contribution is 2.17. The summed E-state index contributed by atoms with van der Waals surface area (Å²) in [4.78, 5) is 10.1. The quantitative estimate of drug-likeness (QED) is 0.432. The fraction of sp³-hybridized carbons (Fsp3) is 0.714. The van der Waals surface area contributed by atoms with Crippen LogP contribution in [0, 0.1) is 19.8 Å². The molecule has 1 atom stereocenters. The van der Waals surface area contributed by atoms with E-state index in [4.69, 9.17) is 4.74 Å². The molecule has 2 heterocycles. The van der Waals surface area contributed by atoms with Crippen molar-refractivity contribution in [2.75, 3.05) is 33.4 Å². The maximum Gasteiger partial charge on any atom is 0.190 e. The molecule has 1 aliphatic rings. The minimum Gasteiger partial charge on any atom is -0.381 e. The third kappa shape index (κ3) is 6.07. The number of nitrogens with zero attached hydrogens (tertiary/aromatic N) is 2. The average molecular weight is 424 g/mol. The maximum absolute atomic E-state index is 5.37. The van der Waals surface area contributed by atoms with Gasteiger partial charge in [-0.25, -0.2) is 4.98 Å². The van der Waals surface area contributed by atoms with E-state index in [0.29, 0.717) is 5.92 Å². The van der Waals surface area contributed by atoms with E-state index in [1.54, 1.807) is 11.3 Å². The van der Waals surface area contributed by atoms with Gasteiger partial charge in [-0.2, -0.15) is 0 Å². The number of halogens is 1. The number of aromatic nitrogens is 1. The Hall–Kier alpha value is -0.410. The van der Waals surface area contributed by atoms with Gasteiger partial charge in [-0.05, 0) is 20.3 Å². The monoisotopic (exact) mass is 424 g/mol. The predicted molar refractivity (Wildman–Crippen MR) is 99.0 cm³/mol. The summed E-state index contributed by atoms with van der Waals surface area (Å²) >= 11 is 1.78. The van der Waals surface area contributed by atoms with E-state index < -0.39 is 0 Å². The summed E-state index contributed by atoms with van der Waals surface area (Å²) in [6.45, 7) is 7.69. The Morgan fingerprint density at radius 2 is 2.24 bits per heavy atom. The Balaban J connectivity index is 0.00000220. The Morgan fingerprint density at radius 3 is 2.81 bits per heavy atom. The fourth-order valence-corrected chi connectivity index (χ4v) is 3.24. The van der Waals surface area contributed by atoms with Gasteiger partial charge in [0.1, 0.15) is 0 Å². The molecule has 0 saturated carbocycles. The topological polar surface area (TPSA) is 58.5 Å². The molecule has 1 fully saturated rings. The van der Waals surface area contributed by atoms with Crippen LogP contribution >= 0.6 is 35.3 Å². The van der Waals surface area contributed by atoms with Crippen LogP contribution in [0.2, 0.25) is 0 Å². The van der Waals surface area contributed by atoms with E-state index in [1.165, 1.54) is 4.88 Å². The minimum absolute atomic E-state index is 0. The number of hydrogen-bond donors (Lipinski definition) is 2. The van der Waals surface area contributed by atoms with Gasteiger partial charge >= 0.3 is 0 Å². The Labute approximate surface area is 148 Å². The Kier molecular flexibility index (Phi) is 8.50. The third-order valence-electron chi connectivity index (χ3n) is 3.45. The number of ether oxygens (including phenoxy) is 1. The first-order valence-corrected chi connectivity index (χ1v) is 7.96. The molecule has 5 nitrogen and oxygen atoms in total. The first-order valence-electron chi connectivity index (χ1n) is 7.14. The van der Waals surface area contributed by atoms with E-state index in [2.05, 4.69) is 34.5 Å². The molecule has 2 rings (SSSR count). The van der Waals surface area contributed by atoms with Crippen LogP contribution < -0.4 is 10.6 Å². The fourth-order valence-electron chi connectivity index (χ4n) is 2.31. The molecular weight excluding hydrogens is 399 g/mol. The van der Waals surface area contributed by atoms with Crippen LogP contribution in [0.4, 0.5) is 0 Å². The van der Waals surface area contributed by atoms with Crippen LogP contribution in [-0.4, -0.2) is 44.3 Å². The standard InChI is InChI=1S/C14H24N4OS.HI/c1-10-13(20-11(2)18-10)4-6-16-14(15-3)17-8-12-5-7-19-9-12;/h12H,4-9H2,1-3H3,(H2,15,16,17);1H. The summed E-state index contributed by atoms with van der Waals surface area (Å²) in [6, 6.07) is 0. The summed E-state index contributed by atoms with van der Waals surface area (Å²) in [7, 11) is 1.81. The number of aryl methyl sites for hydroxylation is 2. The van der Waals surface area contributed by atoms with Gasteiger partial charge in [0.15, 0.2) is 5.96 Å². The number of guanidine groups is 1. The molecule has 7 heteroatoms. The van der Waals surface area contributed by atoms with Gasteiger partial charge in [-0.15, -0.1) is 35.3 Å². The number of rotatable bonds is 5. The highest BCUT2D eigenvalue weighted by Gasteiger charge is 2.15. The summed E-state index contributed by atoms with van der Waals surface area (Å²) in [5.74, 6) is 1.48. The van der Waals surface area contributed by atoms with Crippen molar-refractivity contribution in [3.8, 4) is 0 Å². The summed E-state index contributed by atoms with van der Waals surface area (Å²) in [5.41, 5.74) is 1.15. The summed E-state index contributed by atoms with van der Waals surface area (Å²) in [6.07, 6.45) is 2.13. The molecular formula is C14H25IN4OS. The highest BCUT2D eigenvalue weighted by atomic mass is 127. The molecule has 0 bridgehead atoms. The van der Waals surface area contributed by atoms with Gasteiger partial charge in [0.2, 0.25) is 0 Å². The van der Waals surface area contributed by atoms with E-state index in [1.807, 2.05) is 7.05 Å². The lowest BCUT2D eigenvalue weighted by Crippen LogP contribution is -2.40. The van der Waals surface area contributed by atoms with Crippen molar-refractivity contribution in [2.24, 2.45) is 10.9 Å². The molecule has 0 aliphatic carbocycles. The second-order valence-electron chi connectivity index (χ2n) is 5.10. The molecule has 0 aromatic carbocycles. The second-order valence-corrected chi connectivity index (χ2v) is 6.39. The molecule has 0 amide bonds. The first-order chi connectivity index (χ1) is 9.69. The van der Waals surface area contributed by atoms with Crippen LogP contribution in [0.5, 0.6) is 0 Å². The van der Waals surface area contributed by atoms with Crippen molar-refractivity contribution in [3.05, 3.63) is 15.6 Å². The van der Waals surface area contributed by atoms with E-state index in [0.717, 1.165) is 55.8 Å². The molecule has 1 aromatic heterocycles. The molecule has 21 heavy (non-hydrogen) atoms. The van der Waals surface area contributed by atoms with Gasteiger partial charge in [0.05, 0.1) is 17.3 Å². The SMILES string of the molecule is CN=C(NCCc1sc(C)nc1C)NCC1CCOC1.I. The highest BCUT2D eigenvalue weighted by molar-refractivity contribution is 14.0. The second kappa shape index (κ2) is 9.58. The van der Waals surface area contributed by atoms with Crippen molar-refractivity contribution >= 4 is 41.3 Å². The molecule has 120 valence electrons.